The van der Waals surface area contributed by atoms with Gasteiger partial charge in [0.05, 0.1) is 17.8 Å². The molecule has 2 aromatic rings. The lowest BCUT2D eigenvalue weighted by molar-refractivity contribution is -0.141. The van der Waals surface area contributed by atoms with E-state index in [1.807, 2.05) is 52.0 Å². The summed E-state index contributed by atoms with van der Waals surface area (Å²) in [5.74, 6) is 0.108. The van der Waals surface area contributed by atoms with E-state index in [1.165, 1.54) is 11.3 Å². The molecule has 0 radical (unpaired) electrons. The maximum atomic E-state index is 12.8. The molecule has 30 heavy (non-hydrogen) atoms. The number of hydrogen-bond acceptors (Lipinski definition) is 6. The van der Waals surface area contributed by atoms with Crippen LogP contribution in [-0.2, 0) is 16.1 Å². The van der Waals surface area contributed by atoms with E-state index in [1.54, 1.807) is 0 Å². The van der Waals surface area contributed by atoms with Gasteiger partial charge >= 0.3 is 0 Å². The van der Waals surface area contributed by atoms with Crippen LogP contribution >= 0.6 is 0 Å². The van der Waals surface area contributed by atoms with Crippen LogP contribution in [0.2, 0.25) is 0 Å². The second-order valence-corrected chi connectivity index (χ2v) is 8.92. The first-order chi connectivity index (χ1) is 14.1. The maximum absolute atomic E-state index is 12.8. The number of carbonyl (C=O) groups excluding carboxylic acids is 2. The largest absolute Gasteiger partial charge is 0.443 e. The van der Waals surface area contributed by atoms with Crippen molar-refractivity contribution in [2.24, 2.45) is 11.1 Å². The predicted octanol–water partition coefficient (Wildman–Crippen LogP) is 1.60. The zero-order valence-electron chi connectivity index (χ0n) is 17.9. The number of likely N-dealkylation sites (tertiary alicyclic amines) is 1. The molecule has 4 N–H and O–H groups in total. The quantitative estimate of drug-likeness (QED) is 0.683. The number of aliphatic hydroxyl groups excluding tert-OH is 1. The molecule has 3 atom stereocenters. The molecule has 1 aliphatic heterocycles. The summed E-state index contributed by atoms with van der Waals surface area (Å²) in [4.78, 5) is 31.1. The second kappa shape index (κ2) is 8.57. The SMILES string of the molecule is Cc1ncoc1-c1ccc(CNC(=O)[C@@H]2C[C@@H](O)CN2C(=O)[C@@H](N)C(C)(C)C)cc1. The Labute approximate surface area is 176 Å². The number of hydrogen-bond donors (Lipinski definition) is 3. The highest BCUT2D eigenvalue weighted by molar-refractivity contribution is 5.90. The smallest absolute Gasteiger partial charge is 0.243 e. The van der Waals surface area contributed by atoms with Crippen LogP contribution in [0.15, 0.2) is 35.1 Å². The number of aryl methyl sites for hydroxylation is 1. The summed E-state index contributed by atoms with van der Waals surface area (Å²) in [6.45, 7) is 7.94. The summed E-state index contributed by atoms with van der Waals surface area (Å²) in [5.41, 5.74) is 8.29. The molecule has 0 spiro atoms. The van der Waals surface area contributed by atoms with Crippen molar-refractivity contribution in [2.45, 2.75) is 58.8 Å². The second-order valence-electron chi connectivity index (χ2n) is 8.92. The summed E-state index contributed by atoms with van der Waals surface area (Å²) < 4.78 is 5.39. The molecule has 2 amide bonds. The number of aromatic nitrogens is 1. The highest BCUT2D eigenvalue weighted by Gasteiger charge is 2.42. The van der Waals surface area contributed by atoms with E-state index >= 15 is 0 Å². The van der Waals surface area contributed by atoms with E-state index in [2.05, 4.69) is 10.3 Å². The molecule has 8 heteroatoms. The van der Waals surface area contributed by atoms with E-state index < -0.39 is 23.6 Å². The highest BCUT2D eigenvalue weighted by atomic mass is 16.3. The molecule has 2 heterocycles. The molecule has 0 aliphatic carbocycles. The van der Waals surface area contributed by atoms with Crippen LogP contribution in [0.5, 0.6) is 0 Å². The number of nitrogens with two attached hydrogens (primary N) is 1. The zero-order valence-corrected chi connectivity index (χ0v) is 17.9. The van der Waals surface area contributed by atoms with Crippen LogP contribution in [-0.4, -0.2) is 51.5 Å². The third-order valence-corrected chi connectivity index (χ3v) is 5.49. The average Bonchev–Trinajstić information content (AvgIpc) is 3.30. The van der Waals surface area contributed by atoms with Crippen LogP contribution in [0.4, 0.5) is 0 Å². The van der Waals surface area contributed by atoms with Gasteiger partial charge in [0, 0.05) is 25.1 Å². The first kappa shape index (κ1) is 22.0. The topological polar surface area (TPSA) is 122 Å². The number of carbonyl (C=O) groups is 2. The van der Waals surface area contributed by atoms with Crippen molar-refractivity contribution in [2.75, 3.05) is 6.54 Å². The fourth-order valence-corrected chi connectivity index (χ4v) is 3.51. The standard InChI is InChI=1S/C22H30N4O4/c1-13-18(30-12-25-13)15-7-5-14(6-8-15)10-24-20(28)17-9-16(27)11-26(17)21(29)19(23)22(2,3)4/h5-8,12,16-17,19,27H,9-11,23H2,1-4H3,(H,24,28)/t16-,17+,19-/m1/s1. The maximum Gasteiger partial charge on any atom is 0.243 e. The third-order valence-electron chi connectivity index (χ3n) is 5.49. The summed E-state index contributed by atoms with van der Waals surface area (Å²) in [6, 6.07) is 6.15. The van der Waals surface area contributed by atoms with Crippen molar-refractivity contribution >= 4 is 11.8 Å². The van der Waals surface area contributed by atoms with Crippen molar-refractivity contribution < 1.29 is 19.1 Å². The molecule has 1 aromatic heterocycles. The van der Waals surface area contributed by atoms with E-state index in [4.69, 9.17) is 10.2 Å². The van der Waals surface area contributed by atoms with Crippen molar-refractivity contribution in [1.82, 2.24) is 15.2 Å². The van der Waals surface area contributed by atoms with Crippen LogP contribution in [0, 0.1) is 12.3 Å². The zero-order chi connectivity index (χ0) is 22.1. The predicted molar refractivity (Wildman–Crippen MR) is 112 cm³/mol. The minimum absolute atomic E-state index is 0.117. The summed E-state index contributed by atoms with van der Waals surface area (Å²) >= 11 is 0. The van der Waals surface area contributed by atoms with Gasteiger partial charge in [0.2, 0.25) is 11.8 Å². The summed E-state index contributed by atoms with van der Waals surface area (Å²) in [5, 5.41) is 12.9. The van der Waals surface area contributed by atoms with E-state index in [9.17, 15) is 14.7 Å². The van der Waals surface area contributed by atoms with E-state index in [0.29, 0.717) is 6.54 Å². The molecule has 1 aliphatic rings. The molecule has 162 valence electrons. The van der Waals surface area contributed by atoms with Crippen LogP contribution < -0.4 is 11.1 Å². The van der Waals surface area contributed by atoms with Gasteiger partial charge in [0.1, 0.15) is 6.04 Å². The molecule has 1 fully saturated rings. The van der Waals surface area contributed by atoms with Gasteiger partial charge in [-0.25, -0.2) is 4.98 Å². The number of nitrogens with zero attached hydrogens (tertiary/aromatic N) is 2. The Hall–Kier alpha value is -2.71. The monoisotopic (exact) mass is 414 g/mol. The van der Waals surface area contributed by atoms with Gasteiger partial charge in [-0.1, -0.05) is 45.0 Å². The minimum atomic E-state index is -0.745. The molecular formula is C22H30N4O4. The Balaban J connectivity index is 1.63. The Morgan fingerprint density at radius 3 is 2.57 bits per heavy atom. The van der Waals surface area contributed by atoms with Crippen molar-refractivity contribution in [1.29, 1.82) is 0 Å². The lowest BCUT2D eigenvalue weighted by Crippen LogP contribution is -2.54. The van der Waals surface area contributed by atoms with Gasteiger partial charge in [-0.3, -0.25) is 9.59 Å². The van der Waals surface area contributed by atoms with Gasteiger partial charge < -0.3 is 25.5 Å². The lowest BCUT2D eigenvalue weighted by Gasteiger charge is -2.32. The highest BCUT2D eigenvalue weighted by Crippen LogP contribution is 2.25. The van der Waals surface area contributed by atoms with Gasteiger partial charge in [0.15, 0.2) is 12.2 Å². The molecule has 0 saturated carbocycles. The van der Waals surface area contributed by atoms with Gasteiger partial charge in [-0.2, -0.15) is 0 Å². The summed E-state index contributed by atoms with van der Waals surface area (Å²) in [6.07, 6.45) is 0.882. The van der Waals surface area contributed by atoms with Crippen molar-refractivity contribution in [3.8, 4) is 11.3 Å². The Kier molecular flexibility index (Phi) is 6.28. The number of oxazole rings is 1. The number of amides is 2. The Morgan fingerprint density at radius 1 is 1.33 bits per heavy atom. The van der Waals surface area contributed by atoms with E-state index in [-0.39, 0.29) is 24.8 Å². The fourth-order valence-electron chi connectivity index (χ4n) is 3.51. The van der Waals surface area contributed by atoms with Crippen LogP contribution in [0.1, 0.15) is 38.4 Å². The Bertz CT molecular complexity index is 901. The lowest BCUT2D eigenvalue weighted by atomic mass is 9.86. The summed E-state index contributed by atoms with van der Waals surface area (Å²) in [7, 11) is 0. The first-order valence-electron chi connectivity index (χ1n) is 10.1. The van der Waals surface area contributed by atoms with Crippen molar-refractivity contribution in [3.05, 3.63) is 41.9 Å². The van der Waals surface area contributed by atoms with Crippen LogP contribution in [0.25, 0.3) is 11.3 Å². The van der Waals surface area contributed by atoms with Crippen LogP contribution in [0.3, 0.4) is 0 Å². The Morgan fingerprint density at radius 2 is 2.00 bits per heavy atom. The minimum Gasteiger partial charge on any atom is -0.443 e. The average molecular weight is 415 g/mol. The normalized spacial score (nSPS) is 20.3. The van der Waals surface area contributed by atoms with Gasteiger partial charge in [-0.15, -0.1) is 0 Å². The molecule has 0 unspecified atom stereocenters. The number of nitrogens with one attached hydrogen (secondary N) is 1. The number of rotatable bonds is 5. The first-order valence-corrected chi connectivity index (χ1v) is 10.1. The molecule has 1 aromatic carbocycles. The molecule has 1 saturated heterocycles. The number of benzene rings is 1. The molecule has 3 rings (SSSR count). The van der Waals surface area contributed by atoms with E-state index in [0.717, 1.165) is 22.6 Å². The molecule has 0 bridgehead atoms. The number of aliphatic hydroxyl groups is 1. The number of β-amino-alcohol motifs (C(OH)–C–C–N with tert-alkyl or cyclic N) is 1. The van der Waals surface area contributed by atoms with Gasteiger partial charge in [-0.05, 0) is 17.9 Å². The fraction of sp³-hybridized carbons (Fsp3) is 0.500. The molecular weight excluding hydrogens is 384 g/mol. The molecule has 8 nitrogen and oxygen atoms in total. The van der Waals surface area contributed by atoms with Gasteiger partial charge in [0.25, 0.3) is 0 Å². The third kappa shape index (κ3) is 4.71. The van der Waals surface area contributed by atoms with Crippen molar-refractivity contribution in [3.63, 3.8) is 0 Å².